The Morgan fingerprint density at radius 2 is 0.982 bits per heavy atom. The van der Waals surface area contributed by atoms with E-state index in [0.29, 0.717) is 30.3 Å². The van der Waals surface area contributed by atoms with E-state index >= 15 is 0 Å². The molecule has 0 radical (unpaired) electrons. The van der Waals surface area contributed by atoms with Gasteiger partial charge in [-0.05, 0) is 142 Å². The zero-order valence-corrected chi connectivity index (χ0v) is 35.9. The lowest BCUT2D eigenvalue weighted by Crippen LogP contribution is -2.42. The second kappa shape index (κ2) is 19.3. The van der Waals surface area contributed by atoms with Gasteiger partial charge in [0.1, 0.15) is 40.1 Å². The van der Waals surface area contributed by atoms with Gasteiger partial charge in [0.25, 0.3) is 0 Å². The fraction of sp³-hybridized carbons (Fsp3) is 0.500. The van der Waals surface area contributed by atoms with Crippen LogP contribution in [0.25, 0.3) is 0 Å². The van der Waals surface area contributed by atoms with Crippen molar-refractivity contribution in [2.75, 3.05) is 6.61 Å². The third-order valence-corrected chi connectivity index (χ3v) is 12.3. The predicted molar refractivity (Wildman–Crippen MR) is 228 cm³/mol. The molecule has 1 aliphatic heterocycles. The molecule has 0 aromatic heterocycles. The summed E-state index contributed by atoms with van der Waals surface area (Å²) in [5, 5.41) is 40.2. The summed E-state index contributed by atoms with van der Waals surface area (Å²) < 4.78 is 12.9. The molecule has 6 nitrogen and oxygen atoms in total. The van der Waals surface area contributed by atoms with Crippen LogP contribution in [0.5, 0.6) is 34.5 Å². The number of fused-ring (bicyclic) bond motifs is 1. The number of phenolic OH excluding ortho intramolecular Hbond substituents is 4. The molecule has 0 saturated heterocycles. The van der Waals surface area contributed by atoms with Crippen LogP contribution >= 0.6 is 11.8 Å². The van der Waals surface area contributed by atoms with Crippen molar-refractivity contribution in [2.45, 2.75) is 161 Å². The molecule has 300 valence electrons. The van der Waals surface area contributed by atoms with Crippen LogP contribution in [0.1, 0.15) is 143 Å². The van der Waals surface area contributed by atoms with Crippen LogP contribution in [0.3, 0.4) is 0 Å². The summed E-state index contributed by atoms with van der Waals surface area (Å²) in [7, 11) is 0. The largest absolute Gasteiger partial charge is 0.508 e. The number of benzene rings is 4. The molecule has 1 atom stereocenters. The summed E-state index contributed by atoms with van der Waals surface area (Å²) in [6, 6.07) is 15.1. The van der Waals surface area contributed by atoms with Crippen molar-refractivity contribution in [3.8, 4) is 34.5 Å². The minimum atomic E-state index is -0.668. The van der Waals surface area contributed by atoms with Crippen LogP contribution in [0, 0.1) is 41.5 Å². The first-order chi connectivity index (χ1) is 26.0. The van der Waals surface area contributed by atoms with Gasteiger partial charge in [-0.2, -0.15) is 0 Å². The van der Waals surface area contributed by atoms with Crippen molar-refractivity contribution in [2.24, 2.45) is 0 Å². The van der Waals surface area contributed by atoms with Gasteiger partial charge in [0.2, 0.25) is 0 Å². The van der Waals surface area contributed by atoms with E-state index in [4.69, 9.17) is 9.47 Å². The SMILES string of the molecule is CCCCCCCCCCCCOc1cc(C)c(O)cc1C1(C)CC(C)(C)c2cc(O)c(C)cc2O1.Cc1cc(Sc2cc(C)c(O)cc2C)c(C)cc1O. The number of unbranched alkanes of at least 4 members (excludes halogenated alkanes) is 9. The number of aromatic hydroxyl groups is 4. The van der Waals surface area contributed by atoms with E-state index in [1.165, 1.54) is 57.8 Å². The maximum Gasteiger partial charge on any atom is 0.136 e. The molecule has 55 heavy (non-hydrogen) atoms. The Labute approximate surface area is 335 Å². The molecule has 4 N–H and O–H groups in total. The molecule has 0 amide bonds. The molecule has 4 aromatic carbocycles. The Bertz CT molecular complexity index is 1860. The lowest BCUT2D eigenvalue weighted by molar-refractivity contribution is 0.0293. The zero-order chi connectivity index (χ0) is 40.5. The van der Waals surface area contributed by atoms with Crippen LogP contribution in [0.15, 0.2) is 58.3 Å². The average Bonchev–Trinajstić information content (AvgIpc) is 3.10. The van der Waals surface area contributed by atoms with Crippen molar-refractivity contribution >= 4 is 11.8 Å². The normalized spacial score (nSPS) is 15.8. The highest BCUT2D eigenvalue weighted by molar-refractivity contribution is 7.99. The highest BCUT2D eigenvalue weighted by Crippen LogP contribution is 2.52. The minimum absolute atomic E-state index is 0.220. The second-order valence-corrected chi connectivity index (χ2v) is 17.7. The number of phenols is 4. The molecule has 1 unspecified atom stereocenters. The highest BCUT2D eigenvalue weighted by Gasteiger charge is 2.45. The first kappa shape index (κ1) is 43.8. The Morgan fingerprint density at radius 3 is 1.51 bits per heavy atom. The first-order valence-electron chi connectivity index (χ1n) is 20.2. The Kier molecular flexibility index (Phi) is 15.3. The van der Waals surface area contributed by atoms with Gasteiger partial charge in [0.15, 0.2) is 0 Å². The molecule has 1 heterocycles. The molecular formula is C48H66O6S. The number of hydrogen-bond donors (Lipinski definition) is 4. The van der Waals surface area contributed by atoms with E-state index in [-0.39, 0.29) is 11.2 Å². The molecular weight excluding hydrogens is 705 g/mol. The smallest absolute Gasteiger partial charge is 0.136 e. The van der Waals surface area contributed by atoms with Crippen LogP contribution in [-0.4, -0.2) is 27.0 Å². The summed E-state index contributed by atoms with van der Waals surface area (Å²) in [6.07, 6.45) is 13.6. The lowest BCUT2D eigenvalue weighted by atomic mass is 9.70. The van der Waals surface area contributed by atoms with E-state index < -0.39 is 5.60 Å². The maximum atomic E-state index is 10.6. The summed E-state index contributed by atoms with van der Waals surface area (Å²) in [6.45, 7) is 20.9. The van der Waals surface area contributed by atoms with Crippen molar-refractivity contribution in [1.29, 1.82) is 0 Å². The van der Waals surface area contributed by atoms with Gasteiger partial charge in [0, 0.05) is 27.3 Å². The third-order valence-electron chi connectivity index (χ3n) is 11.0. The molecule has 0 fully saturated rings. The number of ether oxygens (including phenoxy) is 2. The summed E-state index contributed by atoms with van der Waals surface area (Å²) in [4.78, 5) is 2.26. The monoisotopic (exact) mass is 770 g/mol. The lowest BCUT2D eigenvalue weighted by Gasteiger charge is -2.45. The molecule has 5 rings (SSSR count). The molecule has 0 saturated carbocycles. The van der Waals surface area contributed by atoms with Crippen molar-refractivity contribution < 1.29 is 29.9 Å². The van der Waals surface area contributed by atoms with Gasteiger partial charge in [-0.1, -0.05) is 90.3 Å². The molecule has 4 aromatic rings. The average molecular weight is 771 g/mol. The maximum absolute atomic E-state index is 10.6. The summed E-state index contributed by atoms with van der Waals surface area (Å²) in [5.41, 5.74) is 6.45. The van der Waals surface area contributed by atoms with Gasteiger partial charge in [-0.25, -0.2) is 0 Å². The van der Waals surface area contributed by atoms with Crippen molar-refractivity contribution in [1.82, 2.24) is 0 Å². The number of aryl methyl sites for hydroxylation is 6. The summed E-state index contributed by atoms with van der Waals surface area (Å²) in [5.74, 6) is 2.79. The number of hydrogen-bond acceptors (Lipinski definition) is 7. The van der Waals surface area contributed by atoms with E-state index in [9.17, 15) is 20.4 Å². The van der Waals surface area contributed by atoms with Crippen LogP contribution in [-0.2, 0) is 11.0 Å². The van der Waals surface area contributed by atoms with Crippen LogP contribution in [0.2, 0.25) is 0 Å². The van der Waals surface area contributed by atoms with Crippen LogP contribution < -0.4 is 9.47 Å². The zero-order valence-electron chi connectivity index (χ0n) is 35.1. The molecule has 0 bridgehead atoms. The molecule has 0 spiro atoms. The molecule has 0 aliphatic carbocycles. The minimum Gasteiger partial charge on any atom is -0.508 e. The number of rotatable bonds is 15. The van der Waals surface area contributed by atoms with Crippen molar-refractivity contribution in [3.05, 3.63) is 93.0 Å². The summed E-state index contributed by atoms with van der Waals surface area (Å²) >= 11 is 1.66. The van der Waals surface area contributed by atoms with Gasteiger partial charge >= 0.3 is 0 Å². The third kappa shape index (κ3) is 11.5. The van der Waals surface area contributed by atoms with E-state index in [0.717, 1.165) is 72.2 Å². The first-order valence-corrected chi connectivity index (χ1v) is 21.1. The molecule has 7 heteroatoms. The fourth-order valence-corrected chi connectivity index (χ4v) is 8.66. The Morgan fingerprint density at radius 1 is 0.545 bits per heavy atom. The highest BCUT2D eigenvalue weighted by atomic mass is 32.2. The van der Waals surface area contributed by atoms with E-state index in [2.05, 4.69) is 27.7 Å². The molecule has 1 aliphatic rings. The van der Waals surface area contributed by atoms with E-state index in [1.807, 2.05) is 77.9 Å². The van der Waals surface area contributed by atoms with Crippen molar-refractivity contribution in [3.63, 3.8) is 0 Å². The van der Waals surface area contributed by atoms with E-state index in [1.54, 1.807) is 23.9 Å². The fourth-order valence-electron chi connectivity index (χ4n) is 7.51. The van der Waals surface area contributed by atoms with Crippen LogP contribution in [0.4, 0.5) is 0 Å². The Balaban J connectivity index is 0.000000296. The predicted octanol–water partition coefficient (Wildman–Crippen LogP) is 13.5. The second-order valence-electron chi connectivity index (χ2n) is 16.6. The topological polar surface area (TPSA) is 99.4 Å². The Hall–Kier alpha value is -3.97. The quantitative estimate of drug-likeness (QED) is 0.0893. The standard InChI is InChI=1S/C32H48O4.C16H18O2S/c1-7-8-9-10-11-12-13-14-15-16-17-35-29-18-23(2)28(34)21-26(29)32(6)22-31(4,5)25-20-27(33)24(3)19-30(25)36-32;1-9-7-15(11(3)5-13(9)17)19-16-8-10(2)14(18)6-12(16)4/h18-21,33-34H,7-17,22H2,1-6H3;5-8,17-18H,1-4H3. The van der Waals surface area contributed by atoms with Gasteiger partial charge < -0.3 is 29.9 Å². The van der Waals surface area contributed by atoms with Gasteiger partial charge in [0.05, 0.1) is 6.61 Å². The van der Waals surface area contributed by atoms with Gasteiger partial charge in [-0.15, -0.1) is 0 Å². The van der Waals surface area contributed by atoms with Gasteiger partial charge in [-0.3, -0.25) is 0 Å².